The number of ether oxygens (including phenoxy) is 1. The highest BCUT2D eigenvalue weighted by Crippen LogP contribution is 2.11. The van der Waals surface area contributed by atoms with E-state index in [1.807, 2.05) is 24.3 Å². The molecule has 0 aliphatic heterocycles. The molecule has 0 spiro atoms. The molecule has 0 bridgehead atoms. The van der Waals surface area contributed by atoms with Gasteiger partial charge in [-0.1, -0.05) is 12.1 Å². The maximum Gasteiger partial charge on any atom is 0.236 e. The molecule has 0 radical (unpaired) electrons. The summed E-state index contributed by atoms with van der Waals surface area (Å²) in [6, 6.07) is 7.06. The van der Waals surface area contributed by atoms with Gasteiger partial charge in [0.25, 0.3) is 0 Å². The van der Waals surface area contributed by atoms with Crippen molar-refractivity contribution in [2.24, 2.45) is 5.73 Å². The van der Waals surface area contributed by atoms with E-state index in [1.54, 1.807) is 14.0 Å². The first-order chi connectivity index (χ1) is 7.13. The normalized spacial score (nSPS) is 11.2. The molecular weight excluding hydrogens is 228 g/mol. The van der Waals surface area contributed by atoms with Crippen molar-refractivity contribution in [1.82, 2.24) is 5.32 Å². The van der Waals surface area contributed by atoms with Crippen LogP contribution in [0.15, 0.2) is 24.3 Å². The summed E-state index contributed by atoms with van der Waals surface area (Å²) in [5.74, 6) is 0.625. The Hall–Kier alpha value is -1.26. The Labute approximate surface area is 102 Å². The number of nitrogens with one attached hydrogen (secondary N) is 1. The summed E-state index contributed by atoms with van der Waals surface area (Å²) in [7, 11) is 1.61. The first-order valence-corrected chi connectivity index (χ1v) is 4.79. The Bertz CT molecular complexity index is 343. The molecule has 1 aromatic carbocycles. The van der Waals surface area contributed by atoms with Gasteiger partial charge in [-0.05, 0) is 24.6 Å². The zero-order valence-corrected chi connectivity index (χ0v) is 10.2. The molecule has 0 unspecified atom stereocenters. The molecule has 3 N–H and O–H groups in total. The fraction of sp³-hybridized carbons (Fsp3) is 0.364. The van der Waals surface area contributed by atoms with Crippen molar-refractivity contribution >= 4 is 18.3 Å². The molecule has 1 amide bonds. The van der Waals surface area contributed by atoms with Crippen LogP contribution < -0.4 is 15.8 Å². The van der Waals surface area contributed by atoms with Gasteiger partial charge in [-0.25, -0.2) is 0 Å². The first-order valence-electron chi connectivity index (χ1n) is 4.79. The van der Waals surface area contributed by atoms with Crippen LogP contribution in [-0.2, 0) is 11.3 Å². The summed E-state index contributed by atoms with van der Waals surface area (Å²) in [5.41, 5.74) is 6.41. The zero-order chi connectivity index (χ0) is 11.3. The molecule has 0 heterocycles. The van der Waals surface area contributed by atoms with Crippen molar-refractivity contribution in [2.75, 3.05) is 7.11 Å². The van der Waals surface area contributed by atoms with Crippen LogP contribution in [0.4, 0.5) is 0 Å². The van der Waals surface area contributed by atoms with E-state index in [-0.39, 0.29) is 18.3 Å². The van der Waals surface area contributed by atoms with E-state index in [9.17, 15) is 4.79 Å². The van der Waals surface area contributed by atoms with Gasteiger partial charge in [-0.15, -0.1) is 12.4 Å². The molecule has 0 fully saturated rings. The van der Waals surface area contributed by atoms with Crippen LogP contribution in [0.1, 0.15) is 12.5 Å². The molecular formula is C11H17ClN2O2. The third kappa shape index (κ3) is 4.51. The number of carbonyl (C=O) groups excluding carboxylic acids is 1. The molecule has 1 rings (SSSR count). The lowest BCUT2D eigenvalue weighted by Gasteiger charge is -2.08. The van der Waals surface area contributed by atoms with Gasteiger partial charge >= 0.3 is 0 Å². The number of methoxy groups -OCH3 is 1. The standard InChI is InChI=1S/C11H16N2O2.ClH/c1-8(12)11(14)13-7-9-4-3-5-10(6-9)15-2;/h3-6,8H,7,12H2,1-2H3,(H,13,14);1H/t8-;/m0./s1. The molecule has 0 aliphatic rings. The molecule has 1 atom stereocenters. The lowest BCUT2D eigenvalue weighted by Crippen LogP contribution is -2.37. The highest BCUT2D eigenvalue weighted by Gasteiger charge is 2.06. The highest BCUT2D eigenvalue weighted by atomic mass is 35.5. The molecule has 90 valence electrons. The SMILES string of the molecule is COc1cccc(CNC(=O)[C@H](C)N)c1.Cl. The molecule has 0 aromatic heterocycles. The van der Waals surface area contributed by atoms with Crippen molar-refractivity contribution in [2.45, 2.75) is 19.5 Å². The molecule has 1 aromatic rings. The van der Waals surface area contributed by atoms with Gasteiger partial charge in [-0.3, -0.25) is 4.79 Å². The van der Waals surface area contributed by atoms with E-state index < -0.39 is 6.04 Å². The molecule has 0 aliphatic carbocycles. The molecule has 0 saturated heterocycles. The van der Waals surface area contributed by atoms with Crippen LogP contribution in [0.3, 0.4) is 0 Å². The monoisotopic (exact) mass is 244 g/mol. The molecule has 0 saturated carbocycles. The summed E-state index contributed by atoms with van der Waals surface area (Å²) in [4.78, 5) is 11.2. The molecule has 4 nitrogen and oxygen atoms in total. The number of hydrogen-bond donors (Lipinski definition) is 2. The topological polar surface area (TPSA) is 64.3 Å². The predicted octanol–water partition coefficient (Wildman–Crippen LogP) is 1.08. The number of rotatable bonds is 4. The van der Waals surface area contributed by atoms with E-state index in [2.05, 4.69) is 5.32 Å². The summed E-state index contributed by atoms with van der Waals surface area (Å²) in [5, 5.41) is 2.73. The lowest BCUT2D eigenvalue weighted by molar-refractivity contribution is -0.122. The smallest absolute Gasteiger partial charge is 0.236 e. The van der Waals surface area contributed by atoms with Gasteiger partial charge in [0.1, 0.15) is 5.75 Å². The molecule has 5 heteroatoms. The third-order valence-corrected chi connectivity index (χ3v) is 2.01. The van der Waals surface area contributed by atoms with E-state index in [1.165, 1.54) is 0 Å². The Morgan fingerprint density at radius 2 is 2.25 bits per heavy atom. The van der Waals surface area contributed by atoms with Crippen LogP contribution in [0.5, 0.6) is 5.75 Å². The van der Waals surface area contributed by atoms with Crippen LogP contribution >= 0.6 is 12.4 Å². The summed E-state index contributed by atoms with van der Waals surface area (Å²) in [6.07, 6.45) is 0. The zero-order valence-electron chi connectivity index (χ0n) is 9.40. The Morgan fingerprint density at radius 3 is 2.81 bits per heavy atom. The Balaban J connectivity index is 0.00000225. The van der Waals surface area contributed by atoms with Crippen LogP contribution in [0.25, 0.3) is 0 Å². The van der Waals surface area contributed by atoms with E-state index in [0.29, 0.717) is 6.54 Å². The average molecular weight is 245 g/mol. The maximum absolute atomic E-state index is 11.2. The predicted molar refractivity (Wildman–Crippen MR) is 65.7 cm³/mol. The summed E-state index contributed by atoms with van der Waals surface area (Å²) < 4.78 is 5.07. The van der Waals surface area contributed by atoms with Gasteiger partial charge in [0.15, 0.2) is 0 Å². The van der Waals surface area contributed by atoms with Gasteiger partial charge in [0, 0.05) is 6.54 Å². The largest absolute Gasteiger partial charge is 0.497 e. The second-order valence-electron chi connectivity index (χ2n) is 3.36. The van der Waals surface area contributed by atoms with Crippen molar-refractivity contribution < 1.29 is 9.53 Å². The number of carbonyl (C=O) groups is 1. The van der Waals surface area contributed by atoms with E-state index in [0.717, 1.165) is 11.3 Å². The van der Waals surface area contributed by atoms with Gasteiger partial charge in [-0.2, -0.15) is 0 Å². The van der Waals surface area contributed by atoms with Crippen molar-refractivity contribution in [3.8, 4) is 5.75 Å². The summed E-state index contributed by atoms with van der Waals surface area (Å²) in [6.45, 7) is 2.12. The number of nitrogens with two attached hydrogens (primary N) is 1. The van der Waals surface area contributed by atoms with Crippen LogP contribution in [0, 0.1) is 0 Å². The molecule has 16 heavy (non-hydrogen) atoms. The van der Waals surface area contributed by atoms with Crippen molar-refractivity contribution in [3.63, 3.8) is 0 Å². The van der Waals surface area contributed by atoms with Gasteiger partial charge in [0.05, 0.1) is 13.2 Å². The Kier molecular flexibility index (Phi) is 6.53. The van der Waals surface area contributed by atoms with E-state index in [4.69, 9.17) is 10.5 Å². The second kappa shape index (κ2) is 7.09. The number of hydrogen-bond acceptors (Lipinski definition) is 3. The average Bonchev–Trinajstić information content (AvgIpc) is 2.26. The minimum atomic E-state index is -0.476. The minimum absolute atomic E-state index is 0. The van der Waals surface area contributed by atoms with Crippen molar-refractivity contribution in [3.05, 3.63) is 29.8 Å². The van der Waals surface area contributed by atoms with Crippen LogP contribution in [0.2, 0.25) is 0 Å². The highest BCUT2D eigenvalue weighted by molar-refractivity contribution is 5.85. The number of benzene rings is 1. The minimum Gasteiger partial charge on any atom is -0.497 e. The van der Waals surface area contributed by atoms with Gasteiger partial charge < -0.3 is 15.8 Å². The van der Waals surface area contributed by atoms with Crippen molar-refractivity contribution in [1.29, 1.82) is 0 Å². The quantitative estimate of drug-likeness (QED) is 0.833. The fourth-order valence-corrected chi connectivity index (χ4v) is 1.13. The first kappa shape index (κ1) is 14.7. The fourth-order valence-electron chi connectivity index (χ4n) is 1.13. The Morgan fingerprint density at radius 1 is 1.56 bits per heavy atom. The number of halogens is 1. The van der Waals surface area contributed by atoms with Crippen LogP contribution in [-0.4, -0.2) is 19.1 Å². The lowest BCUT2D eigenvalue weighted by atomic mass is 10.2. The van der Waals surface area contributed by atoms with Gasteiger partial charge in [0.2, 0.25) is 5.91 Å². The third-order valence-electron chi connectivity index (χ3n) is 2.01. The summed E-state index contributed by atoms with van der Waals surface area (Å²) >= 11 is 0. The second-order valence-corrected chi connectivity index (χ2v) is 3.36. The number of amides is 1. The maximum atomic E-state index is 11.2. The van der Waals surface area contributed by atoms with E-state index >= 15 is 0 Å².